The highest BCUT2D eigenvalue weighted by Crippen LogP contribution is 2.24. The van der Waals surface area contributed by atoms with Crippen molar-refractivity contribution in [3.8, 4) is 0 Å². The zero-order valence-electron chi connectivity index (χ0n) is 13.5. The van der Waals surface area contributed by atoms with Crippen molar-refractivity contribution in [2.45, 2.75) is 19.9 Å². The molecule has 0 atom stereocenters. The Morgan fingerprint density at radius 2 is 1.57 bits per heavy atom. The molecule has 0 unspecified atom stereocenters. The fourth-order valence-corrected chi connectivity index (χ4v) is 2.79. The van der Waals surface area contributed by atoms with E-state index in [1.165, 1.54) is 11.1 Å². The van der Waals surface area contributed by atoms with E-state index < -0.39 is 0 Å². The van der Waals surface area contributed by atoms with Gasteiger partial charge in [-0.3, -0.25) is 4.79 Å². The van der Waals surface area contributed by atoms with Crippen molar-refractivity contribution in [1.82, 2.24) is 10.6 Å². The maximum Gasteiger partial charge on any atom is 0.226 e. The molecule has 1 heterocycles. The van der Waals surface area contributed by atoms with Crippen LogP contribution in [0.3, 0.4) is 0 Å². The van der Waals surface area contributed by atoms with Crippen LogP contribution in [0.2, 0.25) is 0 Å². The van der Waals surface area contributed by atoms with Gasteiger partial charge in [0, 0.05) is 13.1 Å². The largest absolute Gasteiger partial charge is 0.345 e. The van der Waals surface area contributed by atoms with E-state index in [0.29, 0.717) is 0 Å². The molecule has 0 radical (unpaired) electrons. The first kappa shape index (κ1) is 17.5. The van der Waals surface area contributed by atoms with Gasteiger partial charge in [0.05, 0.1) is 12.0 Å². The van der Waals surface area contributed by atoms with Gasteiger partial charge in [-0.2, -0.15) is 0 Å². The van der Waals surface area contributed by atoms with E-state index in [4.69, 9.17) is 0 Å². The molecule has 1 amide bonds. The highest BCUT2D eigenvalue weighted by molar-refractivity contribution is 5.85. The molecule has 23 heavy (non-hydrogen) atoms. The summed E-state index contributed by atoms with van der Waals surface area (Å²) in [6.45, 7) is 5.71. The van der Waals surface area contributed by atoms with E-state index in [9.17, 15) is 4.79 Å². The molecular weight excluding hydrogens is 308 g/mol. The normalized spacial score (nSPS) is 14.0. The molecule has 0 spiro atoms. The summed E-state index contributed by atoms with van der Waals surface area (Å²) in [5.41, 5.74) is 4.67. The number of nitrogens with one attached hydrogen (secondary N) is 2. The van der Waals surface area contributed by atoms with Crippen molar-refractivity contribution in [3.05, 3.63) is 70.8 Å². The summed E-state index contributed by atoms with van der Waals surface area (Å²) in [5.74, 6) is 0.226. The summed E-state index contributed by atoms with van der Waals surface area (Å²) in [6.07, 6.45) is 0. The molecule has 122 valence electrons. The number of rotatable bonds is 4. The molecule has 1 fully saturated rings. The zero-order chi connectivity index (χ0) is 15.5. The predicted molar refractivity (Wildman–Crippen MR) is 96.0 cm³/mol. The van der Waals surface area contributed by atoms with Crippen LogP contribution in [0.25, 0.3) is 0 Å². The van der Waals surface area contributed by atoms with Crippen molar-refractivity contribution in [3.63, 3.8) is 0 Å². The van der Waals surface area contributed by atoms with Crippen LogP contribution in [0.1, 0.15) is 28.3 Å². The van der Waals surface area contributed by atoms with E-state index in [1.54, 1.807) is 0 Å². The maximum atomic E-state index is 12.4. The number of carbonyl (C=O) groups is 1. The number of hydrogen-bond donors (Lipinski definition) is 2. The third kappa shape index (κ3) is 4.12. The summed E-state index contributed by atoms with van der Waals surface area (Å²) in [4.78, 5) is 12.4. The van der Waals surface area contributed by atoms with E-state index in [0.717, 1.165) is 24.2 Å². The predicted octanol–water partition coefficient (Wildman–Crippen LogP) is 3.15. The molecule has 3 nitrogen and oxygen atoms in total. The van der Waals surface area contributed by atoms with Gasteiger partial charge in [-0.15, -0.1) is 12.4 Å². The summed E-state index contributed by atoms with van der Waals surface area (Å²) in [6, 6.07) is 16.6. The SMILES string of the molecule is Cc1cccc(C(NC(=O)C2CNC2)c2cccc(C)c2)c1.Cl. The zero-order valence-corrected chi connectivity index (χ0v) is 14.3. The summed E-state index contributed by atoms with van der Waals surface area (Å²) in [5, 5.41) is 6.38. The standard InChI is InChI=1S/C19H22N2O.ClH/c1-13-5-3-7-15(9-13)18(16-8-4-6-14(2)10-16)21-19(22)17-11-20-12-17;/h3-10,17-18,20H,11-12H2,1-2H3,(H,21,22);1H. The smallest absolute Gasteiger partial charge is 0.226 e. The molecule has 1 aliphatic heterocycles. The van der Waals surface area contributed by atoms with Crippen molar-refractivity contribution < 1.29 is 4.79 Å². The summed E-state index contributed by atoms with van der Waals surface area (Å²) in [7, 11) is 0. The van der Waals surface area contributed by atoms with Gasteiger partial charge in [0.2, 0.25) is 5.91 Å². The van der Waals surface area contributed by atoms with Crippen LogP contribution in [-0.4, -0.2) is 19.0 Å². The number of aryl methyl sites for hydroxylation is 2. The molecule has 1 saturated heterocycles. The molecule has 2 N–H and O–H groups in total. The molecule has 0 saturated carbocycles. The number of hydrogen-bond acceptors (Lipinski definition) is 2. The molecule has 2 aromatic carbocycles. The van der Waals surface area contributed by atoms with Crippen LogP contribution in [0.5, 0.6) is 0 Å². The topological polar surface area (TPSA) is 41.1 Å². The highest BCUT2D eigenvalue weighted by atomic mass is 35.5. The van der Waals surface area contributed by atoms with Gasteiger partial charge < -0.3 is 10.6 Å². The Morgan fingerprint density at radius 1 is 1.04 bits per heavy atom. The molecular formula is C19H23ClN2O. The van der Waals surface area contributed by atoms with Crippen LogP contribution in [0.15, 0.2) is 48.5 Å². The lowest BCUT2D eigenvalue weighted by atomic mass is 9.94. The molecule has 0 aromatic heterocycles. The van der Waals surface area contributed by atoms with Gasteiger partial charge in [-0.05, 0) is 25.0 Å². The number of benzene rings is 2. The lowest BCUT2D eigenvalue weighted by Gasteiger charge is -2.29. The minimum atomic E-state index is -0.0899. The lowest BCUT2D eigenvalue weighted by Crippen LogP contribution is -2.51. The maximum absolute atomic E-state index is 12.4. The Hall–Kier alpha value is -1.84. The highest BCUT2D eigenvalue weighted by Gasteiger charge is 2.27. The van der Waals surface area contributed by atoms with Crippen LogP contribution in [-0.2, 0) is 4.79 Å². The van der Waals surface area contributed by atoms with Crippen LogP contribution >= 0.6 is 12.4 Å². The van der Waals surface area contributed by atoms with Gasteiger partial charge in [-0.1, -0.05) is 59.7 Å². The van der Waals surface area contributed by atoms with Crippen molar-refractivity contribution >= 4 is 18.3 Å². The Morgan fingerprint density at radius 3 is 1.96 bits per heavy atom. The molecule has 2 aromatic rings. The van der Waals surface area contributed by atoms with Gasteiger partial charge in [-0.25, -0.2) is 0 Å². The minimum Gasteiger partial charge on any atom is -0.345 e. The third-order valence-corrected chi connectivity index (χ3v) is 4.19. The van der Waals surface area contributed by atoms with Crippen molar-refractivity contribution in [1.29, 1.82) is 0 Å². The van der Waals surface area contributed by atoms with E-state index >= 15 is 0 Å². The Balaban J connectivity index is 0.00000192. The molecule has 4 heteroatoms. The number of amides is 1. The first-order valence-electron chi connectivity index (χ1n) is 7.78. The number of halogens is 1. The van der Waals surface area contributed by atoms with Crippen molar-refractivity contribution in [2.75, 3.05) is 13.1 Å². The molecule has 0 bridgehead atoms. The fourth-order valence-electron chi connectivity index (χ4n) is 2.79. The van der Waals surface area contributed by atoms with Crippen LogP contribution in [0.4, 0.5) is 0 Å². The average Bonchev–Trinajstić information content (AvgIpc) is 2.43. The first-order valence-corrected chi connectivity index (χ1v) is 7.78. The van der Waals surface area contributed by atoms with Gasteiger partial charge >= 0.3 is 0 Å². The van der Waals surface area contributed by atoms with Crippen molar-refractivity contribution in [2.24, 2.45) is 5.92 Å². The quantitative estimate of drug-likeness (QED) is 0.904. The molecule has 1 aliphatic rings. The lowest BCUT2D eigenvalue weighted by molar-refractivity contribution is -0.126. The Bertz CT molecular complexity index is 637. The molecule has 0 aliphatic carbocycles. The first-order chi connectivity index (χ1) is 10.6. The minimum absolute atomic E-state index is 0. The van der Waals surface area contributed by atoms with E-state index in [2.05, 4.69) is 60.9 Å². The van der Waals surface area contributed by atoms with Crippen LogP contribution < -0.4 is 10.6 Å². The molecule has 3 rings (SSSR count). The summed E-state index contributed by atoms with van der Waals surface area (Å²) < 4.78 is 0. The fraction of sp³-hybridized carbons (Fsp3) is 0.316. The second-order valence-electron chi connectivity index (χ2n) is 6.13. The average molecular weight is 331 g/mol. The monoisotopic (exact) mass is 330 g/mol. The van der Waals surface area contributed by atoms with Gasteiger partial charge in [0.25, 0.3) is 0 Å². The number of carbonyl (C=O) groups excluding carboxylic acids is 1. The summed E-state index contributed by atoms with van der Waals surface area (Å²) >= 11 is 0. The van der Waals surface area contributed by atoms with E-state index in [1.807, 2.05) is 12.1 Å². The van der Waals surface area contributed by atoms with E-state index in [-0.39, 0.29) is 30.3 Å². The Labute approximate surface area is 143 Å². The van der Waals surface area contributed by atoms with Gasteiger partial charge in [0.1, 0.15) is 0 Å². The third-order valence-electron chi connectivity index (χ3n) is 4.19. The second kappa shape index (κ2) is 7.62. The van der Waals surface area contributed by atoms with Crippen LogP contribution in [0, 0.1) is 19.8 Å². The Kier molecular flexibility index (Phi) is 5.80. The second-order valence-corrected chi connectivity index (χ2v) is 6.13. The van der Waals surface area contributed by atoms with Gasteiger partial charge in [0.15, 0.2) is 0 Å².